The van der Waals surface area contributed by atoms with Gasteiger partial charge in [0, 0.05) is 0 Å². The lowest BCUT2D eigenvalue weighted by Gasteiger charge is -2.03. The highest BCUT2D eigenvalue weighted by molar-refractivity contribution is 5.70. The highest BCUT2D eigenvalue weighted by atomic mass is 16.5. The highest BCUT2D eigenvalue weighted by Crippen LogP contribution is 1.99. The summed E-state index contributed by atoms with van der Waals surface area (Å²) in [6.45, 7) is 9.42. The van der Waals surface area contributed by atoms with E-state index < -0.39 is 0 Å². The third kappa shape index (κ3) is 5.47. The fraction of sp³-hybridized carbons (Fsp3) is 0.300. The van der Waals surface area contributed by atoms with Gasteiger partial charge in [0.2, 0.25) is 0 Å². The lowest BCUT2D eigenvalue weighted by atomic mass is 10.3. The van der Waals surface area contributed by atoms with E-state index in [0.717, 1.165) is 5.57 Å². The van der Waals surface area contributed by atoms with Crippen molar-refractivity contribution in [2.24, 2.45) is 0 Å². The van der Waals surface area contributed by atoms with Crippen LogP contribution in [-0.2, 0) is 9.53 Å². The monoisotopic (exact) mass is 166 g/mol. The average Bonchev–Trinajstić information content (AvgIpc) is 2.05. The molecule has 66 valence electrons. The Labute approximate surface area is 73.2 Å². The van der Waals surface area contributed by atoms with E-state index in [-0.39, 0.29) is 0 Å². The average molecular weight is 166 g/mol. The van der Waals surface area contributed by atoms with Crippen molar-refractivity contribution in [1.82, 2.24) is 0 Å². The van der Waals surface area contributed by atoms with Gasteiger partial charge in [-0.25, -0.2) is 0 Å². The molecule has 0 amide bonds. The summed E-state index contributed by atoms with van der Waals surface area (Å²) < 4.78 is 5.10. The Hall–Kier alpha value is -1.31. The molecular weight excluding hydrogens is 152 g/mol. The minimum atomic E-state index is 0.345. The van der Waals surface area contributed by atoms with Crippen LogP contribution in [0, 0.1) is 0 Å². The van der Waals surface area contributed by atoms with Crippen LogP contribution in [-0.4, -0.2) is 12.9 Å². The lowest BCUT2D eigenvalue weighted by molar-refractivity contribution is -0.107. The summed E-state index contributed by atoms with van der Waals surface area (Å²) in [5, 5.41) is 0. The van der Waals surface area contributed by atoms with Crippen LogP contribution >= 0.6 is 0 Å². The molecule has 0 heterocycles. The van der Waals surface area contributed by atoms with Crippen molar-refractivity contribution >= 4 is 6.29 Å². The zero-order chi connectivity index (χ0) is 9.40. The molecule has 0 radical (unpaired) electrons. The Morgan fingerprint density at radius 2 is 2.25 bits per heavy atom. The maximum atomic E-state index is 10.4. The van der Waals surface area contributed by atoms with E-state index in [1.165, 1.54) is 0 Å². The Kier molecular flexibility index (Phi) is 5.70. The Morgan fingerprint density at radius 3 is 2.67 bits per heavy atom. The molecule has 12 heavy (non-hydrogen) atoms. The molecule has 0 fully saturated rings. The van der Waals surface area contributed by atoms with Gasteiger partial charge in [-0.2, -0.15) is 0 Å². The van der Waals surface area contributed by atoms with Crippen LogP contribution in [0.15, 0.2) is 36.6 Å². The largest absolute Gasteiger partial charge is 0.486 e. The number of carbonyl (C=O) groups excluding carboxylic acids is 1. The molecule has 0 rings (SSSR count). The molecule has 0 saturated carbocycles. The summed E-state index contributed by atoms with van der Waals surface area (Å²) >= 11 is 0. The molecule has 0 aliphatic heterocycles. The Bertz CT molecular complexity index is 202. The van der Waals surface area contributed by atoms with Gasteiger partial charge in [-0.05, 0) is 25.0 Å². The van der Waals surface area contributed by atoms with Gasteiger partial charge >= 0.3 is 0 Å². The number of hydrogen-bond donors (Lipinski definition) is 0. The van der Waals surface area contributed by atoms with Crippen molar-refractivity contribution < 1.29 is 9.53 Å². The van der Waals surface area contributed by atoms with Crippen molar-refractivity contribution in [3.8, 4) is 0 Å². The van der Waals surface area contributed by atoms with Gasteiger partial charge in [-0.15, -0.1) is 6.58 Å². The predicted octanol–water partition coefficient (Wildman–Crippen LogP) is 2.24. The van der Waals surface area contributed by atoms with Gasteiger partial charge in [0.05, 0.1) is 0 Å². The van der Waals surface area contributed by atoms with Crippen molar-refractivity contribution in [2.45, 2.75) is 13.3 Å². The van der Waals surface area contributed by atoms with Gasteiger partial charge in [0.1, 0.15) is 6.61 Å². The minimum Gasteiger partial charge on any atom is -0.486 e. The number of hydrogen-bond acceptors (Lipinski definition) is 2. The first-order valence-corrected chi connectivity index (χ1v) is 3.74. The van der Waals surface area contributed by atoms with Gasteiger partial charge in [-0.3, -0.25) is 4.79 Å². The van der Waals surface area contributed by atoms with Crippen LogP contribution in [0.2, 0.25) is 0 Å². The molecular formula is C10H14O2. The summed E-state index contributed by atoms with van der Waals surface area (Å²) in [5.74, 6) is 0.345. The zero-order valence-corrected chi connectivity index (χ0v) is 7.38. The minimum absolute atomic E-state index is 0.345. The highest BCUT2D eigenvalue weighted by Gasteiger charge is 1.93. The first-order valence-electron chi connectivity index (χ1n) is 3.74. The van der Waals surface area contributed by atoms with Crippen molar-refractivity contribution in [1.29, 1.82) is 0 Å². The number of ether oxygens (including phenoxy) is 1. The normalized spacial score (nSPS) is 10.6. The number of aldehydes is 1. The van der Waals surface area contributed by atoms with Crippen LogP contribution in [0.1, 0.15) is 13.3 Å². The molecule has 0 aliphatic carbocycles. The van der Waals surface area contributed by atoms with Crippen molar-refractivity contribution in [2.75, 3.05) is 6.61 Å². The second-order valence-corrected chi connectivity index (χ2v) is 2.49. The van der Waals surface area contributed by atoms with Crippen LogP contribution in [0.3, 0.4) is 0 Å². The smallest absolute Gasteiger partial charge is 0.184 e. The molecule has 0 aliphatic rings. The van der Waals surface area contributed by atoms with E-state index in [9.17, 15) is 4.79 Å². The molecule has 0 unspecified atom stereocenters. The second-order valence-electron chi connectivity index (χ2n) is 2.49. The lowest BCUT2D eigenvalue weighted by Crippen LogP contribution is -1.96. The first kappa shape index (κ1) is 10.7. The molecule has 0 atom stereocenters. The Morgan fingerprint density at radius 1 is 1.58 bits per heavy atom. The molecule has 0 saturated heterocycles. The second kappa shape index (κ2) is 6.40. The van der Waals surface area contributed by atoms with E-state index in [4.69, 9.17) is 4.74 Å². The fourth-order valence-electron chi connectivity index (χ4n) is 0.547. The standard InChI is InChI=1S/C10H14O2/c1-4-5-6-10(7-11)12-8-9(2)3/h4,6-7H,1-2,5,8H2,3H3/b10-6+. The maximum Gasteiger partial charge on any atom is 0.184 e. The summed E-state index contributed by atoms with van der Waals surface area (Å²) in [6, 6.07) is 0. The summed E-state index contributed by atoms with van der Waals surface area (Å²) in [4.78, 5) is 10.4. The fourth-order valence-corrected chi connectivity index (χ4v) is 0.547. The maximum absolute atomic E-state index is 10.4. The van der Waals surface area contributed by atoms with E-state index in [0.29, 0.717) is 25.1 Å². The van der Waals surface area contributed by atoms with Gasteiger partial charge in [-0.1, -0.05) is 12.7 Å². The van der Waals surface area contributed by atoms with Crippen molar-refractivity contribution in [3.05, 3.63) is 36.6 Å². The predicted molar refractivity (Wildman–Crippen MR) is 49.7 cm³/mol. The SMILES string of the molecule is C=CC/C=C(\C=O)OCC(=C)C. The zero-order valence-electron chi connectivity index (χ0n) is 7.38. The third-order valence-corrected chi connectivity index (χ3v) is 1.09. The van der Waals surface area contributed by atoms with Crippen LogP contribution in [0.25, 0.3) is 0 Å². The van der Waals surface area contributed by atoms with Crippen molar-refractivity contribution in [3.63, 3.8) is 0 Å². The van der Waals surface area contributed by atoms with Gasteiger partial charge < -0.3 is 4.74 Å². The molecule has 0 N–H and O–H groups in total. The topological polar surface area (TPSA) is 26.3 Å². The molecule has 0 aromatic heterocycles. The number of allylic oxidation sites excluding steroid dienone is 3. The van der Waals surface area contributed by atoms with Gasteiger partial charge in [0.15, 0.2) is 12.0 Å². The van der Waals surface area contributed by atoms with E-state index in [1.807, 2.05) is 6.92 Å². The molecule has 0 aromatic rings. The molecule has 2 nitrogen and oxygen atoms in total. The quantitative estimate of drug-likeness (QED) is 0.262. The van der Waals surface area contributed by atoms with Crippen LogP contribution < -0.4 is 0 Å². The van der Waals surface area contributed by atoms with Crippen LogP contribution in [0.5, 0.6) is 0 Å². The molecule has 0 bridgehead atoms. The van der Waals surface area contributed by atoms with E-state index >= 15 is 0 Å². The van der Waals surface area contributed by atoms with E-state index in [1.54, 1.807) is 12.2 Å². The van der Waals surface area contributed by atoms with E-state index in [2.05, 4.69) is 13.2 Å². The number of rotatable bonds is 6. The molecule has 0 aromatic carbocycles. The van der Waals surface area contributed by atoms with Crippen LogP contribution in [0.4, 0.5) is 0 Å². The summed E-state index contributed by atoms with van der Waals surface area (Å²) in [6.07, 6.45) is 4.72. The summed E-state index contributed by atoms with van der Waals surface area (Å²) in [5.41, 5.74) is 0.890. The molecule has 0 spiro atoms. The summed E-state index contributed by atoms with van der Waals surface area (Å²) in [7, 11) is 0. The third-order valence-electron chi connectivity index (χ3n) is 1.09. The van der Waals surface area contributed by atoms with Gasteiger partial charge in [0.25, 0.3) is 0 Å². The molecule has 2 heteroatoms. The first-order chi connectivity index (χ1) is 5.70. The Balaban J connectivity index is 3.89. The number of carbonyl (C=O) groups is 1.